The number of aromatic nitrogens is 2. The van der Waals surface area contributed by atoms with Gasteiger partial charge in [-0.3, -0.25) is 9.71 Å². The highest BCUT2D eigenvalue weighted by Gasteiger charge is 2.14. The molecule has 0 fully saturated rings. The van der Waals surface area contributed by atoms with Crippen LogP contribution in [0.15, 0.2) is 41.6 Å². The third-order valence-corrected chi connectivity index (χ3v) is 4.13. The molecule has 0 unspecified atom stereocenters. The van der Waals surface area contributed by atoms with Gasteiger partial charge in [0.15, 0.2) is 0 Å². The lowest BCUT2D eigenvalue weighted by molar-refractivity contribution is 0.601. The summed E-state index contributed by atoms with van der Waals surface area (Å²) >= 11 is 0. The number of sulfonamides is 1. The summed E-state index contributed by atoms with van der Waals surface area (Å²) in [5.41, 5.74) is 1.25. The summed E-state index contributed by atoms with van der Waals surface area (Å²) in [5, 5.41) is 3.09. The van der Waals surface area contributed by atoms with Crippen LogP contribution in [0.2, 0.25) is 0 Å². The predicted molar refractivity (Wildman–Crippen MR) is 82.8 cm³/mol. The molecule has 2 rings (SSSR count). The van der Waals surface area contributed by atoms with Gasteiger partial charge in [0.2, 0.25) is 0 Å². The molecule has 0 atom stereocenters. The summed E-state index contributed by atoms with van der Waals surface area (Å²) in [7, 11) is -3.64. The lowest BCUT2D eigenvalue weighted by Gasteiger charge is -2.09. The number of nitrogens with zero attached hydrogens (tertiary/aromatic N) is 2. The molecule has 0 bridgehead atoms. The Bertz CT molecular complexity index is 682. The first-order valence-corrected chi connectivity index (χ1v) is 8.15. The normalized spacial score (nSPS) is 11.1. The number of rotatable bonds is 6. The second-order valence-corrected chi connectivity index (χ2v) is 6.28. The van der Waals surface area contributed by atoms with Gasteiger partial charge < -0.3 is 5.32 Å². The number of hydrogen-bond donors (Lipinski definition) is 2. The smallest absolute Gasteiger partial charge is 0.263 e. The summed E-state index contributed by atoms with van der Waals surface area (Å²) in [5.74, 6) is 0.660. The molecule has 112 valence electrons. The maximum absolute atomic E-state index is 12.2. The first-order chi connectivity index (χ1) is 10.0. The molecule has 0 saturated carbocycles. The zero-order valence-electron chi connectivity index (χ0n) is 12.0. The minimum atomic E-state index is -3.64. The van der Waals surface area contributed by atoms with E-state index in [2.05, 4.69) is 20.0 Å². The van der Waals surface area contributed by atoms with Crippen LogP contribution in [0.4, 0.5) is 11.5 Å². The first kappa shape index (κ1) is 15.2. The van der Waals surface area contributed by atoms with Crippen LogP contribution in [-0.2, 0) is 10.0 Å². The van der Waals surface area contributed by atoms with E-state index in [9.17, 15) is 8.42 Å². The Morgan fingerprint density at radius 2 is 1.90 bits per heavy atom. The Hall–Kier alpha value is -2.15. The minimum absolute atomic E-state index is 0.116. The van der Waals surface area contributed by atoms with Crippen molar-refractivity contribution in [2.75, 3.05) is 16.6 Å². The molecule has 2 aromatic heterocycles. The molecule has 2 aromatic rings. The standard InChI is InChI=1S/C14H18N4O2S/c1-3-8-15-14-7-6-13(10-17-14)21(19,20)18-12-5-4-11(2)16-9-12/h4-7,9-10,18H,3,8H2,1-2H3,(H,15,17). The van der Waals surface area contributed by atoms with E-state index in [0.717, 1.165) is 18.7 Å². The molecule has 21 heavy (non-hydrogen) atoms. The largest absolute Gasteiger partial charge is 0.370 e. The molecule has 0 aromatic carbocycles. The zero-order valence-corrected chi connectivity index (χ0v) is 12.8. The van der Waals surface area contributed by atoms with Crippen LogP contribution in [0.1, 0.15) is 19.0 Å². The fourth-order valence-electron chi connectivity index (χ4n) is 1.64. The topological polar surface area (TPSA) is 84.0 Å². The first-order valence-electron chi connectivity index (χ1n) is 6.66. The van der Waals surface area contributed by atoms with E-state index in [0.29, 0.717) is 11.5 Å². The molecule has 0 spiro atoms. The van der Waals surface area contributed by atoms with E-state index in [4.69, 9.17) is 0 Å². The molecular formula is C14H18N4O2S. The van der Waals surface area contributed by atoms with Gasteiger partial charge >= 0.3 is 0 Å². The zero-order chi connectivity index (χ0) is 15.3. The summed E-state index contributed by atoms with van der Waals surface area (Å²) in [6.45, 7) is 4.68. The molecule has 0 aliphatic rings. The number of pyridine rings is 2. The van der Waals surface area contributed by atoms with Crippen molar-refractivity contribution in [3.63, 3.8) is 0 Å². The van der Waals surface area contributed by atoms with Gasteiger partial charge in [0.25, 0.3) is 10.0 Å². The van der Waals surface area contributed by atoms with Gasteiger partial charge in [0.05, 0.1) is 11.9 Å². The average molecular weight is 306 g/mol. The van der Waals surface area contributed by atoms with Crippen LogP contribution < -0.4 is 10.0 Å². The van der Waals surface area contributed by atoms with Gasteiger partial charge in [-0.1, -0.05) is 6.92 Å². The fourth-order valence-corrected chi connectivity index (χ4v) is 2.63. The molecule has 0 amide bonds. The van der Waals surface area contributed by atoms with E-state index in [1.165, 1.54) is 18.5 Å². The maximum Gasteiger partial charge on any atom is 0.263 e. The average Bonchev–Trinajstić information content (AvgIpc) is 2.48. The van der Waals surface area contributed by atoms with Crippen molar-refractivity contribution in [2.45, 2.75) is 25.2 Å². The molecule has 0 aliphatic heterocycles. The number of nitrogens with one attached hydrogen (secondary N) is 2. The van der Waals surface area contributed by atoms with Crippen molar-refractivity contribution in [1.82, 2.24) is 9.97 Å². The lowest BCUT2D eigenvalue weighted by atomic mass is 10.4. The van der Waals surface area contributed by atoms with Gasteiger partial charge in [0.1, 0.15) is 10.7 Å². The van der Waals surface area contributed by atoms with Crippen LogP contribution in [0.3, 0.4) is 0 Å². The van der Waals surface area contributed by atoms with Gasteiger partial charge in [0, 0.05) is 18.4 Å². The van der Waals surface area contributed by atoms with E-state index in [-0.39, 0.29) is 4.90 Å². The quantitative estimate of drug-likeness (QED) is 0.856. The lowest BCUT2D eigenvalue weighted by Crippen LogP contribution is -2.13. The highest BCUT2D eigenvalue weighted by molar-refractivity contribution is 7.92. The van der Waals surface area contributed by atoms with Crippen molar-refractivity contribution in [1.29, 1.82) is 0 Å². The molecule has 2 heterocycles. The molecular weight excluding hydrogens is 288 g/mol. The van der Waals surface area contributed by atoms with E-state index < -0.39 is 10.0 Å². The number of anilines is 2. The van der Waals surface area contributed by atoms with Gasteiger partial charge in [-0.2, -0.15) is 0 Å². The second-order valence-electron chi connectivity index (χ2n) is 4.60. The van der Waals surface area contributed by atoms with Crippen molar-refractivity contribution in [3.05, 3.63) is 42.4 Å². The highest BCUT2D eigenvalue weighted by Crippen LogP contribution is 2.16. The summed E-state index contributed by atoms with van der Waals surface area (Å²) < 4.78 is 26.9. The maximum atomic E-state index is 12.2. The fraction of sp³-hybridized carbons (Fsp3) is 0.286. The monoisotopic (exact) mass is 306 g/mol. The van der Waals surface area contributed by atoms with Crippen molar-refractivity contribution in [3.8, 4) is 0 Å². The summed E-state index contributed by atoms with van der Waals surface area (Å²) in [6, 6.07) is 6.59. The van der Waals surface area contributed by atoms with Crippen molar-refractivity contribution in [2.24, 2.45) is 0 Å². The van der Waals surface area contributed by atoms with Crippen LogP contribution in [0.25, 0.3) is 0 Å². The molecule has 0 saturated heterocycles. The Morgan fingerprint density at radius 1 is 1.10 bits per heavy atom. The Kier molecular flexibility index (Phi) is 4.74. The van der Waals surface area contributed by atoms with Gasteiger partial charge in [-0.05, 0) is 37.6 Å². The second kappa shape index (κ2) is 6.53. The Morgan fingerprint density at radius 3 is 2.48 bits per heavy atom. The van der Waals surface area contributed by atoms with E-state index in [1.54, 1.807) is 18.2 Å². The Labute approximate surface area is 124 Å². The van der Waals surface area contributed by atoms with E-state index in [1.807, 2.05) is 13.8 Å². The van der Waals surface area contributed by atoms with Crippen molar-refractivity contribution < 1.29 is 8.42 Å². The summed E-state index contributed by atoms with van der Waals surface area (Å²) in [4.78, 5) is 8.26. The van der Waals surface area contributed by atoms with Crippen LogP contribution in [-0.4, -0.2) is 24.9 Å². The van der Waals surface area contributed by atoms with E-state index >= 15 is 0 Å². The third kappa shape index (κ3) is 4.16. The van der Waals surface area contributed by atoms with Gasteiger partial charge in [-0.25, -0.2) is 13.4 Å². The molecule has 6 nitrogen and oxygen atoms in total. The third-order valence-electron chi connectivity index (χ3n) is 2.77. The molecule has 0 aliphatic carbocycles. The number of hydrogen-bond acceptors (Lipinski definition) is 5. The number of aryl methyl sites for hydroxylation is 1. The SMILES string of the molecule is CCCNc1ccc(S(=O)(=O)Nc2ccc(C)nc2)cn1. The van der Waals surface area contributed by atoms with Gasteiger partial charge in [-0.15, -0.1) is 0 Å². The molecule has 7 heteroatoms. The predicted octanol–water partition coefficient (Wildman–Crippen LogP) is 2.41. The van der Waals surface area contributed by atoms with Crippen molar-refractivity contribution >= 4 is 21.5 Å². The van der Waals surface area contributed by atoms with Crippen LogP contribution in [0.5, 0.6) is 0 Å². The van der Waals surface area contributed by atoms with Crippen LogP contribution in [0, 0.1) is 6.92 Å². The Balaban J connectivity index is 2.13. The molecule has 0 radical (unpaired) electrons. The summed E-state index contributed by atoms with van der Waals surface area (Å²) in [6.07, 6.45) is 3.79. The molecule has 2 N–H and O–H groups in total. The minimum Gasteiger partial charge on any atom is -0.370 e. The van der Waals surface area contributed by atoms with Crippen LogP contribution >= 0.6 is 0 Å². The highest BCUT2D eigenvalue weighted by atomic mass is 32.2.